The lowest BCUT2D eigenvalue weighted by Gasteiger charge is -2.36. The second-order valence-electron chi connectivity index (χ2n) is 8.60. The minimum Gasteiger partial charge on any atom is -0.351 e. The minimum atomic E-state index is -0.0268. The van der Waals surface area contributed by atoms with Crippen molar-refractivity contribution in [2.75, 3.05) is 5.75 Å². The number of hydrogen-bond acceptors (Lipinski definition) is 7. The molecule has 0 aliphatic carbocycles. The molecule has 2 aromatic rings. The standard InChI is InChI=1S/C24H27ClN6OS/c1-15-3-6-18(11-16(15)2)20-12-21-23-27-28-24(30(23)9-10-31(21)29-20)33-14-22(32)26-13-17-4-7-19(25)8-5-17/h3-11,20-21,23,27,29H,12-14H2,1-2H3,(H,26,32). The minimum absolute atomic E-state index is 0.0268. The summed E-state index contributed by atoms with van der Waals surface area (Å²) in [7, 11) is 0. The summed E-state index contributed by atoms with van der Waals surface area (Å²) in [5.41, 5.74) is 11.8. The molecule has 1 amide bonds. The Bertz CT molecular complexity index is 1100. The quantitative estimate of drug-likeness (QED) is 0.604. The molecule has 3 aliphatic rings. The van der Waals surface area contributed by atoms with Crippen LogP contribution in [0, 0.1) is 13.8 Å². The van der Waals surface area contributed by atoms with Crippen LogP contribution < -0.4 is 16.2 Å². The van der Waals surface area contributed by atoms with Gasteiger partial charge in [-0.2, -0.15) is 5.10 Å². The number of thioether (sulfide) groups is 1. The van der Waals surface area contributed by atoms with E-state index in [2.05, 4.69) is 69.4 Å². The largest absolute Gasteiger partial charge is 0.351 e. The Morgan fingerprint density at radius 2 is 2.00 bits per heavy atom. The van der Waals surface area contributed by atoms with Gasteiger partial charge in [0.1, 0.15) is 6.17 Å². The van der Waals surface area contributed by atoms with E-state index >= 15 is 0 Å². The molecule has 2 aromatic carbocycles. The zero-order valence-electron chi connectivity index (χ0n) is 18.6. The highest BCUT2D eigenvalue weighted by molar-refractivity contribution is 8.14. The highest BCUT2D eigenvalue weighted by atomic mass is 35.5. The van der Waals surface area contributed by atoms with Crippen molar-refractivity contribution in [1.29, 1.82) is 0 Å². The molecule has 0 saturated carbocycles. The van der Waals surface area contributed by atoms with E-state index < -0.39 is 0 Å². The molecular weight excluding hydrogens is 456 g/mol. The Hall–Kier alpha value is -2.68. The van der Waals surface area contributed by atoms with Crippen LogP contribution >= 0.6 is 23.4 Å². The number of benzene rings is 2. The number of rotatable bonds is 5. The summed E-state index contributed by atoms with van der Waals surface area (Å²) < 4.78 is 0. The zero-order valence-corrected chi connectivity index (χ0v) is 20.2. The second-order valence-corrected chi connectivity index (χ2v) is 9.98. The number of aryl methyl sites for hydroxylation is 2. The highest BCUT2D eigenvalue weighted by Gasteiger charge is 2.44. The van der Waals surface area contributed by atoms with Crippen molar-refractivity contribution < 1.29 is 4.79 Å². The second kappa shape index (κ2) is 9.29. The molecule has 33 heavy (non-hydrogen) atoms. The summed E-state index contributed by atoms with van der Waals surface area (Å²) >= 11 is 7.35. The summed E-state index contributed by atoms with van der Waals surface area (Å²) in [5.74, 6) is 0.282. The van der Waals surface area contributed by atoms with Gasteiger partial charge in [0.25, 0.3) is 0 Å². The normalized spacial score (nSPS) is 23.1. The average Bonchev–Trinajstić information content (AvgIpc) is 3.43. The van der Waals surface area contributed by atoms with E-state index in [-0.39, 0.29) is 24.2 Å². The molecule has 3 atom stereocenters. The van der Waals surface area contributed by atoms with E-state index in [1.807, 2.05) is 30.5 Å². The van der Waals surface area contributed by atoms with E-state index in [1.54, 1.807) is 0 Å². The van der Waals surface area contributed by atoms with E-state index in [4.69, 9.17) is 11.6 Å². The monoisotopic (exact) mass is 482 g/mol. The average molecular weight is 483 g/mol. The number of carbonyl (C=O) groups excluding carboxylic acids is 1. The highest BCUT2D eigenvalue weighted by Crippen LogP contribution is 2.35. The number of nitrogens with one attached hydrogen (secondary N) is 3. The molecule has 3 heterocycles. The van der Waals surface area contributed by atoms with Crippen molar-refractivity contribution in [3.8, 4) is 0 Å². The number of fused-ring (bicyclic) bond motifs is 3. The molecule has 0 bridgehead atoms. The molecule has 5 rings (SSSR count). The van der Waals surface area contributed by atoms with E-state index in [0.717, 1.165) is 17.2 Å². The molecule has 0 spiro atoms. The summed E-state index contributed by atoms with van der Waals surface area (Å²) in [6.07, 6.45) is 5.09. The third-order valence-corrected chi connectivity index (χ3v) is 7.59. The van der Waals surface area contributed by atoms with Gasteiger partial charge in [-0.15, -0.1) is 0 Å². The number of carbonyl (C=O) groups is 1. The fraction of sp³-hybridized carbons (Fsp3) is 0.333. The van der Waals surface area contributed by atoms with Crippen LogP contribution in [-0.4, -0.2) is 38.9 Å². The molecule has 1 saturated heterocycles. The Morgan fingerprint density at radius 3 is 2.79 bits per heavy atom. The predicted molar refractivity (Wildman–Crippen MR) is 133 cm³/mol. The number of halogens is 1. The van der Waals surface area contributed by atoms with Crippen LogP contribution in [0.1, 0.15) is 34.7 Å². The fourth-order valence-corrected chi connectivity index (χ4v) is 5.26. The lowest BCUT2D eigenvalue weighted by Crippen LogP contribution is -2.54. The van der Waals surface area contributed by atoms with E-state index in [9.17, 15) is 4.79 Å². The third kappa shape index (κ3) is 4.69. The van der Waals surface area contributed by atoms with Crippen molar-refractivity contribution in [2.24, 2.45) is 5.10 Å². The van der Waals surface area contributed by atoms with Gasteiger partial charge in [-0.1, -0.05) is 53.7 Å². The molecule has 0 aromatic heterocycles. The summed E-state index contributed by atoms with van der Waals surface area (Å²) in [6, 6.07) is 14.6. The summed E-state index contributed by atoms with van der Waals surface area (Å²) in [6.45, 7) is 4.78. The van der Waals surface area contributed by atoms with Crippen molar-refractivity contribution in [2.45, 2.75) is 45.1 Å². The maximum atomic E-state index is 12.3. The number of hydrazine groups is 1. The van der Waals surface area contributed by atoms with Crippen LogP contribution in [0.15, 0.2) is 60.0 Å². The fourth-order valence-electron chi connectivity index (χ4n) is 4.33. The Morgan fingerprint density at radius 1 is 1.18 bits per heavy atom. The van der Waals surface area contributed by atoms with Crippen LogP contribution in [0.2, 0.25) is 5.02 Å². The maximum absolute atomic E-state index is 12.3. The zero-order chi connectivity index (χ0) is 22.9. The van der Waals surface area contributed by atoms with Crippen molar-refractivity contribution in [1.82, 2.24) is 26.1 Å². The van der Waals surface area contributed by atoms with Gasteiger partial charge in [-0.05, 0) is 54.7 Å². The molecule has 172 valence electrons. The van der Waals surface area contributed by atoms with Gasteiger partial charge < -0.3 is 15.2 Å². The molecule has 3 aliphatic heterocycles. The van der Waals surface area contributed by atoms with Gasteiger partial charge in [-0.3, -0.25) is 10.2 Å². The maximum Gasteiger partial charge on any atom is 0.230 e. The first kappa shape index (κ1) is 22.1. The number of hydrogen-bond donors (Lipinski definition) is 3. The van der Waals surface area contributed by atoms with Crippen LogP contribution in [0.3, 0.4) is 0 Å². The lowest BCUT2D eigenvalue weighted by atomic mass is 9.97. The van der Waals surface area contributed by atoms with Crippen molar-refractivity contribution in [3.63, 3.8) is 0 Å². The van der Waals surface area contributed by atoms with Crippen molar-refractivity contribution in [3.05, 3.63) is 82.1 Å². The molecule has 3 unspecified atom stereocenters. The lowest BCUT2D eigenvalue weighted by molar-refractivity contribution is -0.118. The number of amides is 1. The van der Waals surface area contributed by atoms with Gasteiger partial charge in [0.05, 0.1) is 17.8 Å². The number of hydrazone groups is 1. The van der Waals surface area contributed by atoms with Gasteiger partial charge in [-0.25, -0.2) is 5.43 Å². The van der Waals surface area contributed by atoms with Gasteiger partial charge >= 0.3 is 0 Å². The molecule has 0 radical (unpaired) electrons. The molecule has 3 N–H and O–H groups in total. The Kier molecular flexibility index (Phi) is 6.23. The van der Waals surface area contributed by atoms with Gasteiger partial charge in [0.15, 0.2) is 5.17 Å². The predicted octanol–water partition coefficient (Wildman–Crippen LogP) is 3.61. The van der Waals surface area contributed by atoms with Crippen LogP contribution in [0.5, 0.6) is 0 Å². The van der Waals surface area contributed by atoms with Crippen molar-refractivity contribution >= 4 is 34.4 Å². The van der Waals surface area contributed by atoms with Crippen LogP contribution in [0.4, 0.5) is 0 Å². The molecular formula is C24H27ClN6OS. The van der Waals surface area contributed by atoms with E-state index in [1.165, 1.54) is 28.5 Å². The molecule has 1 fully saturated rings. The summed E-state index contributed by atoms with van der Waals surface area (Å²) in [4.78, 5) is 14.5. The van der Waals surface area contributed by atoms with Gasteiger partial charge in [0, 0.05) is 24.0 Å². The number of amidine groups is 1. The Balaban J connectivity index is 1.15. The van der Waals surface area contributed by atoms with Crippen LogP contribution in [0.25, 0.3) is 0 Å². The number of nitrogens with zero attached hydrogens (tertiary/aromatic N) is 3. The third-order valence-electron chi connectivity index (χ3n) is 6.37. The summed E-state index contributed by atoms with van der Waals surface area (Å²) in [5, 5.41) is 11.1. The molecule has 9 heteroatoms. The first-order valence-electron chi connectivity index (χ1n) is 11.0. The first-order valence-corrected chi connectivity index (χ1v) is 12.4. The first-order chi connectivity index (χ1) is 16.0. The van der Waals surface area contributed by atoms with Crippen LogP contribution in [-0.2, 0) is 11.3 Å². The SMILES string of the molecule is Cc1ccc(C2CC3C4NN=C(SCC(=O)NCc5ccc(Cl)cc5)N4C=CN3N2)cc1C. The Labute approximate surface area is 203 Å². The molecule has 7 nitrogen and oxygen atoms in total. The smallest absolute Gasteiger partial charge is 0.230 e. The topological polar surface area (TPSA) is 72.0 Å². The van der Waals surface area contributed by atoms with E-state index in [0.29, 0.717) is 17.3 Å². The van der Waals surface area contributed by atoms with Gasteiger partial charge in [0.2, 0.25) is 5.91 Å².